The highest BCUT2D eigenvalue weighted by Crippen LogP contribution is 2.28. The molecular weight excluding hydrogens is 271 g/mol. The van der Waals surface area contributed by atoms with Gasteiger partial charge in [0.15, 0.2) is 0 Å². The predicted octanol–water partition coefficient (Wildman–Crippen LogP) is 2.81. The third-order valence-electron chi connectivity index (χ3n) is 3.51. The average Bonchev–Trinajstić information content (AvgIpc) is 2.93. The first-order valence-corrected chi connectivity index (χ1v) is 6.66. The van der Waals surface area contributed by atoms with Crippen molar-refractivity contribution in [2.24, 2.45) is 0 Å². The molecule has 2 N–H and O–H groups in total. The van der Waals surface area contributed by atoms with Crippen LogP contribution in [0.3, 0.4) is 0 Å². The lowest BCUT2D eigenvalue weighted by Gasteiger charge is -2.14. The molecule has 1 aliphatic heterocycles. The Labute approximate surface area is 121 Å². The molecule has 2 aromatic carbocycles. The van der Waals surface area contributed by atoms with Crippen LogP contribution >= 0.6 is 0 Å². The van der Waals surface area contributed by atoms with Gasteiger partial charge in [0.05, 0.1) is 12.8 Å². The number of methoxy groups -OCH3 is 1. The Morgan fingerprint density at radius 2 is 2.14 bits per heavy atom. The summed E-state index contributed by atoms with van der Waals surface area (Å²) in [5.74, 6) is -0.272. The molecule has 1 atom stereocenters. The zero-order valence-electron chi connectivity index (χ0n) is 11.5. The summed E-state index contributed by atoms with van der Waals surface area (Å²) < 4.78 is 18.2. The van der Waals surface area contributed by atoms with Gasteiger partial charge in [-0.2, -0.15) is 0 Å². The Bertz CT molecular complexity index is 663. The average molecular weight is 286 g/mol. The van der Waals surface area contributed by atoms with E-state index < -0.39 is 5.82 Å². The number of para-hydroxylation sites is 1. The van der Waals surface area contributed by atoms with Crippen LogP contribution in [0, 0.1) is 5.82 Å². The van der Waals surface area contributed by atoms with Gasteiger partial charge in [0, 0.05) is 18.2 Å². The molecule has 0 aromatic heterocycles. The molecule has 0 spiro atoms. The standard InChI is InChI=1S/C16H15FN2O2/c1-21-15-9-11(17)6-7-13(15)19-16(20)14-8-10-4-2-3-5-12(10)18-14/h2-7,9,14,18H,8H2,1H3,(H,19,20). The van der Waals surface area contributed by atoms with E-state index in [1.54, 1.807) is 0 Å². The molecule has 21 heavy (non-hydrogen) atoms. The van der Waals surface area contributed by atoms with Crippen molar-refractivity contribution in [1.29, 1.82) is 0 Å². The number of ether oxygens (including phenoxy) is 1. The summed E-state index contributed by atoms with van der Waals surface area (Å²) >= 11 is 0. The first-order chi connectivity index (χ1) is 10.2. The second-order valence-corrected chi connectivity index (χ2v) is 4.89. The quantitative estimate of drug-likeness (QED) is 0.912. The maximum atomic E-state index is 13.1. The molecule has 108 valence electrons. The van der Waals surface area contributed by atoms with Crippen molar-refractivity contribution in [2.45, 2.75) is 12.5 Å². The van der Waals surface area contributed by atoms with Gasteiger partial charge in [-0.1, -0.05) is 18.2 Å². The molecule has 5 heteroatoms. The molecule has 1 heterocycles. The number of rotatable bonds is 3. The molecule has 0 aliphatic carbocycles. The Morgan fingerprint density at radius 3 is 2.90 bits per heavy atom. The normalized spacial score (nSPS) is 16.0. The summed E-state index contributed by atoms with van der Waals surface area (Å²) in [4.78, 5) is 12.3. The number of carbonyl (C=O) groups excluding carboxylic acids is 1. The highest BCUT2D eigenvalue weighted by atomic mass is 19.1. The molecule has 2 aromatic rings. The Balaban J connectivity index is 1.74. The summed E-state index contributed by atoms with van der Waals surface area (Å²) in [6, 6.07) is 11.5. The molecule has 3 rings (SSSR count). The van der Waals surface area contributed by atoms with Gasteiger partial charge in [-0.25, -0.2) is 4.39 Å². The number of nitrogens with one attached hydrogen (secondary N) is 2. The third-order valence-corrected chi connectivity index (χ3v) is 3.51. The highest BCUT2D eigenvalue weighted by molar-refractivity contribution is 5.99. The molecule has 0 radical (unpaired) electrons. The van der Waals surface area contributed by atoms with E-state index in [-0.39, 0.29) is 11.9 Å². The van der Waals surface area contributed by atoms with Crippen molar-refractivity contribution in [3.05, 3.63) is 53.8 Å². The van der Waals surface area contributed by atoms with Crippen molar-refractivity contribution < 1.29 is 13.9 Å². The van der Waals surface area contributed by atoms with Crippen LogP contribution in [0.25, 0.3) is 0 Å². The largest absolute Gasteiger partial charge is 0.494 e. The van der Waals surface area contributed by atoms with Crippen LogP contribution in [0.5, 0.6) is 5.75 Å². The molecule has 0 fully saturated rings. The summed E-state index contributed by atoms with van der Waals surface area (Å²) in [5, 5.41) is 5.95. The number of anilines is 2. The molecule has 1 unspecified atom stereocenters. The second-order valence-electron chi connectivity index (χ2n) is 4.89. The van der Waals surface area contributed by atoms with E-state index in [2.05, 4.69) is 10.6 Å². The summed E-state index contributed by atoms with van der Waals surface area (Å²) in [6.07, 6.45) is 0.630. The number of fused-ring (bicyclic) bond motifs is 1. The lowest BCUT2D eigenvalue weighted by Crippen LogP contribution is -2.32. The fraction of sp³-hybridized carbons (Fsp3) is 0.188. The zero-order valence-corrected chi connectivity index (χ0v) is 11.5. The van der Waals surface area contributed by atoms with Crippen LogP contribution in [0.2, 0.25) is 0 Å². The number of hydrogen-bond acceptors (Lipinski definition) is 3. The first kappa shape index (κ1) is 13.4. The van der Waals surface area contributed by atoms with Crippen LogP contribution in [-0.4, -0.2) is 19.1 Å². The lowest BCUT2D eigenvalue weighted by molar-refractivity contribution is -0.116. The van der Waals surface area contributed by atoms with Gasteiger partial charge < -0.3 is 15.4 Å². The van der Waals surface area contributed by atoms with Gasteiger partial charge in [0.1, 0.15) is 17.6 Å². The minimum atomic E-state index is -0.406. The fourth-order valence-electron chi connectivity index (χ4n) is 2.44. The maximum absolute atomic E-state index is 13.1. The highest BCUT2D eigenvalue weighted by Gasteiger charge is 2.26. The van der Waals surface area contributed by atoms with Crippen molar-refractivity contribution in [2.75, 3.05) is 17.7 Å². The molecule has 0 saturated carbocycles. The third kappa shape index (κ3) is 2.67. The van der Waals surface area contributed by atoms with Crippen molar-refractivity contribution in [3.8, 4) is 5.75 Å². The van der Waals surface area contributed by atoms with Gasteiger partial charge in [0.2, 0.25) is 5.91 Å². The Morgan fingerprint density at radius 1 is 1.33 bits per heavy atom. The van der Waals surface area contributed by atoms with E-state index in [4.69, 9.17) is 4.74 Å². The molecule has 1 aliphatic rings. The molecular formula is C16H15FN2O2. The van der Waals surface area contributed by atoms with Crippen LogP contribution in [0.4, 0.5) is 15.8 Å². The number of hydrogen-bond donors (Lipinski definition) is 2. The van der Waals surface area contributed by atoms with Gasteiger partial charge in [-0.05, 0) is 23.8 Å². The van der Waals surface area contributed by atoms with E-state index in [9.17, 15) is 9.18 Å². The van der Waals surface area contributed by atoms with Crippen molar-refractivity contribution in [3.63, 3.8) is 0 Å². The molecule has 1 amide bonds. The monoisotopic (exact) mass is 286 g/mol. The number of amides is 1. The van der Waals surface area contributed by atoms with Crippen LogP contribution in [-0.2, 0) is 11.2 Å². The topological polar surface area (TPSA) is 50.4 Å². The van der Waals surface area contributed by atoms with E-state index in [1.165, 1.54) is 25.3 Å². The van der Waals surface area contributed by atoms with E-state index in [1.807, 2.05) is 24.3 Å². The first-order valence-electron chi connectivity index (χ1n) is 6.66. The zero-order chi connectivity index (χ0) is 14.8. The fourth-order valence-corrected chi connectivity index (χ4v) is 2.44. The molecule has 4 nitrogen and oxygen atoms in total. The van der Waals surface area contributed by atoms with Gasteiger partial charge in [-0.15, -0.1) is 0 Å². The van der Waals surface area contributed by atoms with Gasteiger partial charge in [-0.3, -0.25) is 4.79 Å². The predicted molar refractivity (Wildman–Crippen MR) is 79.1 cm³/mol. The number of halogens is 1. The lowest BCUT2D eigenvalue weighted by atomic mass is 10.1. The number of benzene rings is 2. The summed E-state index contributed by atoms with van der Waals surface area (Å²) in [6.45, 7) is 0. The van der Waals surface area contributed by atoms with Crippen LogP contribution in [0.1, 0.15) is 5.56 Å². The van der Waals surface area contributed by atoms with E-state index >= 15 is 0 Å². The smallest absolute Gasteiger partial charge is 0.247 e. The molecule has 0 saturated heterocycles. The van der Waals surface area contributed by atoms with Crippen molar-refractivity contribution in [1.82, 2.24) is 0 Å². The SMILES string of the molecule is COc1cc(F)ccc1NC(=O)C1Cc2ccccc2N1. The Kier molecular flexibility index (Phi) is 3.48. The minimum Gasteiger partial charge on any atom is -0.494 e. The second kappa shape index (κ2) is 5.44. The number of carbonyl (C=O) groups is 1. The van der Waals surface area contributed by atoms with Gasteiger partial charge in [0.25, 0.3) is 0 Å². The van der Waals surface area contributed by atoms with Gasteiger partial charge >= 0.3 is 0 Å². The van der Waals surface area contributed by atoms with Crippen LogP contribution < -0.4 is 15.4 Å². The van der Waals surface area contributed by atoms with Crippen LogP contribution in [0.15, 0.2) is 42.5 Å². The van der Waals surface area contributed by atoms with E-state index in [0.717, 1.165) is 11.3 Å². The molecule has 0 bridgehead atoms. The van der Waals surface area contributed by atoms with Crippen molar-refractivity contribution >= 4 is 17.3 Å². The Hall–Kier alpha value is -2.56. The summed E-state index contributed by atoms with van der Waals surface area (Å²) in [5.41, 5.74) is 2.55. The van der Waals surface area contributed by atoms with E-state index in [0.29, 0.717) is 17.9 Å². The maximum Gasteiger partial charge on any atom is 0.247 e. The summed E-state index contributed by atoms with van der Waals surface area (Å²) in [7, 11) is 1.44. The minimum absolute atomic E-state index is 0.170.